The number of ketones is 1. The van der Waals surface area contributed by atoms with Crippen LogP contribution in [0.5, 0.6) is 34.5 Å². The summed E-state index contributed by atoms with van der Waals surface area (Å²) in [5, 5.41) is 38.5. The van der Waals surface area contributed by atoms with Crippen LogP contribution in [0.15, 0.2) is 24.3 Å². The van der Waals surface area contributed by atoms with E-state index in [2.05, 4.69) is 0 Å². The van der Waals surface area contributed by atoms with E-state index >= 15 is 0 Å². The van der Waals surface area contributed by atoms with Crippen molar-refractivity contribution in [3.05, 3.63) is 35.4 Å². The Morgan fingerprint density at radius 1 is 1.09 bits per heavy atom. The highest BCUT2D eigenvalue weighted by Gasteiger charge is 2.33. The van der Waals surface area contributed by atoms with E-state index in [1.807, 2.05) is 0 Å². The summed E-state index contributed by atoms with van der Waals surface area (Å²) in [5.41, 5.74) is 0.424. The third-order valence-corrected chi connectivity index (χ3v) is 3.71. The largest absolute Gasteiger partial charge is 0.504 e. The Morgan fingerprint density at radius 3 is 2.52 bits per heavy atom. The maximum atomic E-state index is 12.3. The molecule has 0 bridgehead atoms. The van der Waals surface area contributed by atoms with E-state index in [1.54, 1.807) is 12.1 Å². The highest BCUT2D eigenvalue weighted by atomic mass is 16.5. The summed E-state index contributed by atoms with van der Waals surface area (Å²) in [6, 6.07) is 5.62. The molecule has 1 aliphatic heterocycles. The van der Waals surface area contributed by atoms with Gasteiger partial charge in [0.05, 0.1) is 13.5 Å². The van der Waals surface area contributed by atoms with Gasteiger partial charge in [-0.1, -0.05) is 6.07 Å². The highest BCUT2D eigenvalue weighted by Crippen LogP contribution is 2.48. The molecule has 0 radical (unpaired) electrons. The Hall–Kier alpha value is -3.09. The number of ether oxygens (including phenoxy) is 2. The molecule has 0 saturated heterocycles. The number of hydrogen-bond donors (Lipinski definition) is 4. The SMILES string of the molecule is COc1cc(C2CC(=O)c3c(cc(O)c(O)c3O)O2)ccc1O. The average molecular weight is 318 g/mol. The molecule has 2 aromatic carbocycles. The number of phenols is 4. The van der Waals surface area contributed by atoms with Crippen LogP contribution in [0, 0.1) is 0 Å². The Bertz CT molecular complexity index is 798. The molecule has 23 heavy (non-hydrogen) atoms. The van der Waals surface area contributed by atoms with Crippen LogP contribution in [0.4, 0.5) is 0 Å². The summed E-state index contributed by atoms with van der Waals surface area (Å²) in [6.45, 7) is 0. The quantitative estimate of drug-likeness (QED) is 0.627. The van der Waals surface area contributed by atoms with Gasteiger partial charge in [-0.05, 0) is 17.7 Å². The molecular formula is C16H14O7. The van der Waals surface area contributed by atoms with Crippen molar-refractivity contribution < 1.29 is 34.7 Å². The molecule has 1 heterocycles. The van der Waals surface area contributed by atoms with Crippen LogP contribution in [0.2, 0.25) is 0 Å². The second-order valence-corrected chi connectivity index (χ2v) is 5.13. The van der Waals surface area contributed by atoms with Crippen molar-refractivity contribution in [3.8, 4) is 34.5 Å². The Balaban J connectivity index is 2.03. The minimum absolute atomic E-state index is 0.0221. The predicted octanol–water partition coefficient (Wildman–Crippen LogP) is 2.22. The molecule has 0 aromatic heterocycles. The van der Waals surface area contributed by atoms with E-state index in [0.717, 1.165) is 6.07 Å². The van der Waals surface area contributed by atoms with Gasteiger partial charge in [0.2, 0.25) is 5.75 Å². The molecular weight excluding hydrogens is 304 g/mol. The van der Waals surface area contributed by atoms with Gasteiger partial charge in [-0.25, -0.2) is 0 Å². The maximum absolute atomic E-state index is 12.3. The van der Waals surface area contributed by atoms with Crippen molar-refractivity contribution in [1.82, 2.24) is 0 Å². The molecule has 7 heteroatoms. The third-order valence-electron chi connectivity index (χ3n) is 3.71. The Morgan fingerprint density at radius 2 is 1.83 bits per heavy atom. The summed E-state index contributed by atoms with van der Waals surface area (Å²) in [6.07, 6.45) is -0.744. The third kappa shape index (κ3) is 2.36. The number of phenolic OH excluding ortho intramolecular Hbond substituents is 4. The fraction of sp³-hybridized carbons (Fsp3) is 0.188. The summed E-state index contributed by atoms with van der Waals surface area (Å²) in [5.74, 6) is -2.31. The average Bonchev–Trinajstić information content (AvgIpc) is 2.52. The van der Waals surface area contributed by atoms with Crippen LogP contribution < -0.4 is 9.47 Å². The normalized spacial score (nSPS) is 16.6. The first kappa shape index (κ1) is 14.8. The van der Waals surface area contributed by atoms with Crippen LogP contribution in [0.1, 0.15) is 28.4 Å². The van der Waals surface area contributed by atoms with Gasteiger partial charge in [-0.2, -0.15) is 0 Å². The van der Waals surface area contributed by atoms with E-state index in [0.29, 0.717) is 5.56 Å². The molecule has 0 amide bonds. The van der Waals surface area contributed by atoms with Crippen LogP contribution in [0.25, 0.3) is 0 Å². The predicted molar refractivity (Wildman–Crippen MR) is 78.4 cm³/mol. The first-order chi connectivity index (χ1) is 10.9. The molecule has 1 atom stereocenters. The number of benzene rings is 2. The smallest absolute Gasteiger partial charge is 0.201 e. The van der Waals surface area contributed by atoms with Crippen molar-refractivity contribution in [3.63, 3.8) is 0 Å². The van der Waals surface area contributed by atoms with Gasteiger partial charge in [0.25, 0.3) is 0 Å². The second-order valence-electron chi connectivity index (χ2n) is 5.13. The van der Waals surface area contributed by atoms with Crippen molar-refractivity contribution in [1.29, 1.82) is 0 Å². The number of fused-ring (bicyclic) bond motifs is 1. The van der Waals surface area contributed by atoms with Gasteiger partial charge < -0.3 is 29.9 Å². The minimum atomic E-state index is -0.759. The molecule has 0 aliphatic carbocycles. The number of rotatable bonds is 2. The number of hydrogen-bond acceptors (Lipinski definition) is 7. The number of Topliss-reactive ketones (excluding diaryl/α,β-unsaturated/α-hetero) is 1. The highest BCUT2D eigenvalue weighted by molar-refractivity contribution is 6.03. The molecule has 0 saturated carbocycles. The topological polar surface area (TPSA) is 116 Å². The van der Waals surface area contributed by atoms with Crippen LogP contribution in [0.3, 0.4) is 0 Å². The van der Waals surface area contributed by atoms with E-state index in [1.165, 1.54) is 13.2 Å². The van der Waals surface area contributed by atoms with Gasteiger partial charge in [-0.15, -0.1) is 0 Å². The summed E-state index contributed by atoms with van der Waals surface area (Å²) >= 11 is 0. The van der Waals surface area contributed by atoms with Crippen LogP contribution in [-0.2, 0) is 0 Å². The van der Waals surface area contributed by atoms with Gasteiger partial charge in [0.1, 0.15) is 17.4 Å². The first-order valence-electron chi connectivity index (χ1n) is 6.77. The van der Waals surface area contributed by atoms with Gasteiger partial charge in [0.15, 0.2) is 28.8 Å². The van der Waals surface area contributed by atoms with Crippen molar-refractivity contribution in [2.24, 2.45) is 0 Å². The lowest BCUT2D eigenvalue weighted by Gasteiger charge is -2.26. The van der Waals surface area contributed by atoms with E-state index in [-0.39, 0.29) is 29.2 Å². The fourth-order valence-corrected chi connectivity index (χ4v) is 2.53. The molecule has 0 spiro atoms. The van der Waals surface area contributed by atoms with Gasteiger partial charge in [-0.3, -0.25) is 4.79 Å². The lowest BCUT2D eigenvalue weighted by Crippen LogP contribution is -2.20. The van der Waals surface area contributed by atoms with Crippen molar-refractivity contribution in [2.75, 3.05) is 7.11 Å². The zero-order valence-electron chi connectivity index (χ0n) is 12.1. The molecule has 3 rings (SSSR count). The molecule has 4 N–H and O–H groups in total. The molecule has 120 valence electrons. The molecule has 0 fully saturated rings. The van der Waals surface area contributed by atoms with Crippen LogP contribution >= 0.6 is 0 Å². The number of carbonyl (C=O) groups excluding carboxylic acids is 1. The minimum Gasteiger partial charge on any atom is -0.504 e. The lowest BCUT2D eigenvalue weighted by molar-refractivity contribution is 0.0843. The van der Waals surface area contributed by atoms with Crippen molar-refractivity contribution >= 4 is 5.78 Å². The van der Waals surface area contributed by atoms with Crippen molar-refractivity contribution in [2.45, 2.75) is 12.5 Å². The molecule has 1 unspecified atom stereocenters. The Kier molecular flexibility index (Phi) is 3.40. The number of aromatic hydroxyl groups is 4. The summed E-state index contributed by atoms with van der Waals surface area (Å²) < 4.78 is 10.7. The summed E-state index contributed by atoms with van der Waals surface area (Å²) in [4.78, 5) is 12.3. The zero-order chi connectivity index (χ0) is 16.7. The fourth-order valence-electron chi connectivity index (χ4n) is 2.53. The monoisotopic (exact) mass is 318 g/mol. The summed E-state index contributed by atoms with van der Waals surface area (Å²) in [7, 11) is 1.40. The molecule has 1 aliphatic rings. The van der Waals surface area contributed by atoms with Crippen LogP contribution in [-0.4, -0.2) is 33.3 Å². The number of carbonyl (C=O) groups is 1. The number of methoxy groups -OCH3 is 1. The van der Waals surface area contributed by atoms with E-state index in [9.17, 15) is 25.2 Å². The lowest BCUT2D eigenvalue weighted by atomic mass is 9.95. The van der Waals surface area contributed by atoms with Gasteiger partial charge in [0, 0.05) is 6.07 Å². The zero-order valence-corrected chi connectivity index (χ0v) is 12.1. The molecule has 2 aromatic rings. The first-order valence-corrected chi connectivity index (χ1v) is 6.77. The van der Waals surface area contributed by atoms with E-state index < -0.39 is 29.1 Å². The Labute approximate surface area is 131 Å². The molecule has 7 nitrogen and oxygen atoms in total. The second kappa shape index (κ2) is 5.28. The van der Waals surface area contributed by atoms with Gasteiger partial charge >= 0.3 is 0 Å². The van der Waals surface area contributed by atoms with E-state index in [4.69, 9.17) is 9.47 Å². The maximum Gasteiger partial charge on any atom is 0.201 e. The standard InChI is InChI=1S/C16H14O7/c1-22-12-4-7(2-3-8(12)17)11-5-9(18)14-13(23-11)6-10(19)15(20)16(14)21/h2-4,6,11,17,19-21H,5H2,1H3.